The minimum Gasteiger partial charge on any atom is -0.476 e. The summed E-state index contributed by atoms with van der Waals surface area (Å²) in [6.07, 6.45) is 2.93. The quantitative estimate of drug-likeness (QED) is 0.822. The van der Waals surface area contributed by atoms with Gasteiger partial charge < -0.3 is 10.0 Å². The zero-order valence-corrected chi connectivity index (χ0v) is 12.3. The van der Waals surface area contributed by atoms with E-state index in [-0.39, 0.29) is 17.6 Å². The number of amides is 1. The second-order valence-corrected chi connectivity index (χ2v) is 5.43. The third kappa shape index (κ3) is 2.64. The van der Waals surface area contributed by atoms with Gasteiger partial charge in [0.15, 0.2) is 5.69 Å². The molecule has 1 amide bonds. The number of likely N-dealkylation sites (tertiary alicyclic amines) is 1. The van der Waals surface area contributed by atoms with Crippen LogP contribution < -0.4 is 0 Å². The van der Waals surface area contributed by atoms with E-state index in [0.29, 0.717) is 23.3 Å². The number of aromatic nitrogens is 4. The Balaban J connectivity index is 1.65. The second-order valence-electron chi connectivity index (χ2n) is 4.62. The van der Waals surface area contributed by atoms with E-state index in [9.17, 15) is 9.59 Å². The molecule has 108 valence electrons. The maximum Gasteiger partial charge on any atom is 0.358 e. The highest BCUT2D eigenvalue weighted by Gasteiger charge is 2.33. The first-order valence-corrected chi connectivity index (χ1v) is 6.90. The van der Waals surface area contributed by atoms with Crippen LogP contribution in [0.3, 0.4) is 0 Å². The Morgan fingerprint density at radius 1 is 1.38 bits per heavy atom. The summed E-state index contributed by atoms with van der Waals surface area (Å²) in [6, 6.07) is 3.27. The number of pyridine rings is 1. The minimum absolute atomic E-state index is 0.0418. The summed E-state index contributed by atoms with van der Waals surface area (Å²) >= 11 is 3.22. The predicted octanol–water partition coefficient (Wildman–Crippen LogP) is 0.831. The van der Waals surface area contributed by atoms with E-state index >= 15 is 0 Å². The fourth-order valence-electron chi connectivity index (χ4n) is 2.06. The van der Waals surface area contributed by atoms with Crippen LogP contribution in [-0.2, 0) is 0 Å². The molecule has 0 aliphatic carbocycles. The Morgan fingerprint density at radius 3 is 2.76 bits per heavy atom. The topological polar surface area (TPSA) is 101 Å². The van der Waals surface area contributed by atoms with Gasteiger partial charge in [0.05, 0.1) is 12.2 Å². The van der Waals surface area contributed by atoms with Crippen LogP contribution in [0.1, 0.15) is 26.9 Å². The van der Waals surface area contributed by atoms with Gasteiger partial charge in [0, 0.05) is 24.8 Å². The normalized spacial score (nSPS) is 14.8. The van der Waals surface area contributed by atoms with E-state index in [4.69, 9.17) is 5.11 Å². The number of carboxylic acid groups (broad SMARTS) is 1. The molecule has 1 aliphatic heterocycles. The number of hydrogen-bond acceptors (Lipinski definition) is 5. The summed E-state index contributed by atoms with van der Waals surface area (Å²) in [5, 5.41) is 16.1. The summed E-state index contributed by atoms with van der Waals surface area (Å²) < 4.78 is 2.09. The highest BCUT2D eigenvalue weighted by atomic mass is 79.9. The van der Waals surface area contributed by atoms with Gasteiger partial charge in [-0.05, 0) is 28.1 Å². The van der Waals surface area contributed by atoms with Gasteiger partial charge in [0.2, 0.25) is 0 Å². The van der Waals surface area contributed by atoms with Crippen LogP contribution in [0, 0.1) is 0 Å². The molecule has 0 aromatic carbocycles. The average Bonchev–Trinajstić information content (AvgIpc) is 2.86. The molecule has 0 saturated carbocycles. The van der Waals surface area contributed by atoms with Gasteiger partial charge in [-0.15, -0.1) is 5.10 Å². The molecule has 2 aromatic rings. The fraction of sp³-hybridized carbons (Fsp3) is 0.250. The van der Waals surface area contributed by atoms with E-state index in [1.165, 1.54) is 10.9 Å². The van der Waals surface area contributed by atoms with Crippen molar-refractivity contribution < 1.29 is 14.7 Å². The monoisotopic (exact) mass is 351 g/mol. The molecular weight excluding hydrogens is 342 g/mol. The fourth-order valence-corrected chi connectivity index (χ4v) is 2.42. The molecule has 0 bridgehead atoms. The van der Waals surface area contributed by atoms with Gasteiger partial charge >= 0.3 is 5.97 Å². The number of nitrogens with zero attached hydrogens (tertiary/aromatic N) is 5. The van der Waals surface area contributed by atoms with Crippen molar-refractivity contribution in [2.45, 2.75) is 6.04 Å². The molecule has 0 radical (unpaired) electrons. The number of carbonyl (C=O) groups is 2. The van der Waals surface area contributed by atoms with Gasteiger partial charge in [0.1, 0.15) is 4.60 Å². The number of halogens is 1. The molecule has 9 heteroatoms. The van der Waals surface area contributed by atoms with Crippen LogP contribution >= 0.6 is 15.9 Å². The van der Waals surface area contributed by atoms with Gasteiger partial charge in [0.25, 0.3) is 5.91 Å². The molecular formula is C12H10BrN5O3. The summed E-state index contributed by atoms with van der Waals surface area (Å²) in [5.74, 6) is -1.21. The summed E-state index contributed by atoms with van der Waals surface area (Å²) in [4.78, 5) is 28.6. The highest BCUT2D eigenvalue weighted by molar-refractivity contribution is 9.10. The van der Waals surface area contributed by atoms with Crippen molar-refractivity contribution in [3.8, 4) is 0 Å². The largest absolute Gasteiger partial charge is 0.476 e. The third-order valence-corrected chi connectivity index (χ3v) is 3.66. The van der Waals surface area contributed by atoms with Crippen LogP contribution in [-0.4, -0.2) is 55.0 Å². The molecule has 8 nitrogen and oxygen atoms in total. The van der Waals surface area contributed by atoms with Crippen molar-refractivity contribution in [3.05, 3.63) is 40.4 Å². The lowest BCUT2D eigenvalue weighted by Crippen LogP contribution is -2.50. The first kappa shape index (κ1) is 13.7. The Kier molecular flexibility index (Phi) is 3.42. The zero-order valence-electron chi connectivity index (χ0n) is 10.7. The molecule has 3 heterocycles. The number of carboxylic acids is 1. The maximum atomic E-state index is 12.2. The van der Waals surface area contributed by atoms with Gasteiger partial charge in [-0.2, -0.15) is 0 Å². The van der Waals surface area contributed by atoms with E-state index in [1.807, 2.05) is 0 Å². The van der Waals surface area contributed by atoms with Gasteiger partial charge in [-0.3, -0.25) is 4.79 Å². The number of carbonyl (C=O) groups excluding carboxylic acids is 1. The lowest BCUT2D eigenvalue weighted by molar-refractivity contribution is 0.0497. The standard InChI is InChI=1S/C12H10BrN5O3/c13-10-3-7(1-2-14-10)11(19)17-4-8(5-17)18-6-9(12(20)21)15-16-18/h1-3,6,8H,4-5H2,(H,20,21). The Morgan fingerprint density at radius 2 is 2.14 bits per heavy atom. The number of hydrogen-bond donors (Lipinski definition) is 1. The first-order chi connectivity index (χ1) is 10.0. The van der Waals surface area contributed by atoms with E-state index in [1.54, 1.807) is 23.2 Å². The minimum atomic E-state index is -1.12. The van der Waals surface area contributed by atoms with Gasteiger partial charge in [-0.25, -0.2) is 14.5 Å². The SMILES string of the molecule is O=C(O)c1cn(C2CN(C(=O)c3ccnc(Br)c3)C2)nn1. The van der Waals surface area contributed by atoms with Crippen molar-refractivity contribution in [2.75, 3.05) is 13.1 Å². The molecule has 3 rings (SSSR count). The third-order valence-electron chi connectivity index (χ3n) is 3.23. The predicted molar refractivity (Wildman–Crippen MR) is 73.9 cm³/mol. The van der Waals surface area contributed by atoms with E-state index < -0.39 is 5.97 Å². The Hall–Kier alpha value is -2.29. The summed E-state index contributed by atoms with van der Waals surface area (Å²) in [6.45, 7) is 0.947. The van der Waals surface area contributed by atoms with Crippen molar-refractivity contribution in [1.82, 2.24) is 24.9 Å². The summed E-state index contributed by atoms with van der Waals surface area (Å²) in [5.41, 5.74) is 0.456. The molecule has 0 atom stereocenters. The Bertz CT molecular complexity index is 710. The smallest absolute Gasteiger partial charge is 0.358 e. The highest BCUT2D eigenvalue weighted by Crippen LogP contribution is 2.23. The maximum absolute atomic E-state index is 12.2. The molecule has 0 spiro atoms. The van der Waals surface area contributed by atoms with Gasteiger partial charge in [-0.1, -0.05) is 5.21 Å². The lowest BCUT2D eigenvalue weighted by atomic mass is 10.1. The van der Waals surface area contributed by atoms with E-state index in [0.717, 1.165) is 0 Å². The van der Waals surface area contributed by atoms with Crippen molar-refractivity contribution in [1.29, 1.82) is 0 Å². The van der Waals surface area contributed by atoms with Crippen molar-refractivity contribution >= 4 is 27.8 Å². The number of aromatic carboxylic acids is 1. The first-order valence-electron chi connectivity index (χ1n) is 6.10. The number of rotatable bonds is 3. The molecule has 1 fully saturated rings. The zero-order chi connectivity index (χ0) is 15.0. The van der Waals surface area contributed by atoms with Crippen LogP contribution in [0.15, 0.2) is 29.1 Å². The van der Waals surface area contributed by atoms with Crippen molar-refractivity contribution in [2.24, 2.45) is 0 Å². The lowest BCUT2D eigenvalue weighted by Gasteiger charge is -2.38. The molecule has 0 unspecified atom stereocenters. The van der Waals surface area contributed by atoms with E-state index in [2.05, 4.69) is 31.2 Å². The van der Waals surface area contributed by atoms with Crippen LogP contribution in [0.5, 0.6) is 0 Å². The molecule has 1 saturated heterocycles. The summed E-state index contributed by atoms with van der Waals surface area (Å²) in [7, 11) is 0. The van der Waals surface area contributed by atoms with Crippen LogP contribution in [0.25, 0.3) is 0 Å². The van der Waals surface area contributed by atoms with Crippen molar-refractivity contribution in [3.63, 3.8) is 0 Å². The molecule has 2 aromatic heterocycles. The molecule has 1 aliphatic rings. The Labute approximate surface area is 127 Å². The van der Waals surface area contributed by atoms with Crippen LogP contribution in [0.2, 0.25) is 0 Å². The second kappa shape index (κ2) is 5.24. The average molecular weight is 352 g/mol. The molecule has 21 heavy (non-hydrogen) atoms. The molecule has 1 N–H and O–H groups in total. The van der Waals surface area contributed by atoms with Crippen LogP contribution in [0.4, 0.5) is 0 Å².